The number of aromatic nitrogens is 1. The summed E-state index contributed by atoms with van der Waals surface area (Å²) in [5.74, 6) is 0.429. The molecule has 38 heavy (non-hydrogen) atoms. The zero-order chi connectivity index (χ0) is 26.5. The highest BCUT2D eigenvalue weighted by Gasteiger charge is 2.38. The number of carboxylic acids is 1. The fourth-order valence-corrected chi connectivity index (χ4v) is 6.41. The molecule has 1 aromatic heterocycles. The molecular weight excluding hydrogens is 482 g/mol. The molecule has 9 heteroatoms. The van der Waals surface area contributed by atoms with E-state index in [0.29, 0.717) is 31.8 Å². The summed E-state index contributed by atoms with van der Waals surface area (Å²) in [7, 11) is 0. The summed E-state index contributed by atoms with van der Waals surface area (Å²) < 4.78 is 0. The summed E-state index contributed by atoms with van der Waals surface area (Å²) in [6, 6.07) is 2.89. The third kappa shape index (κ3) is 6.47. The highest BCUT2D eigenvalue weighted by Crippen LogP contribution is 2.31. The summed E-state index contributed by atoms with van der Waals surface area (Å²) in [5, 5.41) is 16.0. The van der Waals surface area contributed by atoms with Crippen LogP contribution in [0.2, 0.25) is 0 Å². The van der Waals surface area contributed by atoms with Crippen molar-refractivity contribution in [3.05, 3.63) is 23.4 Å². The lowest BCUT2D eigenvalue weighted by Crippen LogP contribution is -2.56. The number of aliphatic carboxylic acids is 1. The van der Waals surface area contributed by atoms with Gasteiger partial charge in [-0.2, -0.15) is 0 Å². The normalized spacial score (nSPS) is 24.7. The number of piperidine rings is 1. The van der Waals surface area contributed by atoms with Crippen molar-refractivity contribution in [3.63, 3.8) is 0 Å². The number of nitrogens with one attached hydrogen (secondary N) is 2. The minimum atomic E-state index is -1.01. The molecule has 2 saturated heterocycles. The van der Waals surface area contributed by atoms with E-state index in [1.807, 2.05) is 0 Å². The Labute approximate surface area is 225 Å². The molecule has 1 aliphatic carbocycles. The molecule has 5 rings (SSSR count). The maximum absolute atomic E-state index is 13.1. The van der Waals surface area contributed by atoms with E-state index >= 15 is 0 Å². The molecule has 4 aliphatic rings. The first-order valence-electron chi connectivity index (χ1n) is 14.8. The van der Waals surface area contributed by atoms with Gasteiger partial charge < -0.3 is 25.5 Å². The zero-order valence-corrected chi connectivity index (χ0v) is 22.5. The summed E-state index contributed by atoms with van der Waals surface area (Å²) in [6.07, 6.45) is 11.0. The van der Waals surface area contributed by atoms with Gasteiger partial charge in [0, 0.05) is 37.8 Å². The Hall–Kier alpha value is -2.68. The lowest BCUT2D eigenvalue weighted by atomic mass is 9.83. The van der Waals surface area contributed by atoms with Gasteiger partial charge in [-0.3, -0.25) is 9.59 Å². The zero-order valence-electron chi connectivity index (χ0n) is 22.5. The van der Waals surface area contributed by atoms with Crippen LogP contribution in [0.25, 0.3) is 0 Å². The number of amides is 2. The molecule has 0 aromatic carbocycles. The van der Waals surface area contributed by atoms with Gasteiger partial charge in [0.2, 0.25) is 11.8 Å². The number of pyridine rings is 1. The predicted molar refractivity (Wildman–Crippen MR) is 145 cm³/mol. The molecule has 0 spiro atoms. The topological polar surface area (TPSA) is 115 Å². The number of hydrogen-bond acceptors (Lipinski definition) is 6. The molecular formula is C29H43N5O4. The van der Waals surface area contributed by atoms with Crippen LogP contribution in [-0.2, 0) is 27.2 Å². The molecule has 208 valence electrons. The molecule has 0 bridgehead atoms. The Kier molecular flexibility index (Phi) is 8.82. The molecule has 1 saturated carbocycles. The van der Waals surface area contributed by atoms with Crippen molar-refractivity contribution in [1.82, 2.24) is 20.1 Å². The van der Waals surface area contributed by atoms with Gasteiger partial charge in [0.1, 0.15) is 17.9 Å². The standard InChI is InChI=1S/C29H43N5O4/c35-27(25-8-1-2-16-34(25)28(36)22-5-3-6-22)32-24(29(37)38)14-18-33-17-13-20(19-33)9-11-23-12-10-21-7-4-15-30-26(21)31-23/h10,12,20,22,24-25H,1-9,11,13-19H2,(H,30,31)(H,32,35)(H,37,38)/t20-,24+,25+/m1/s1. The monoisotopic (exact) mass is 525 g/mol. The second-order valence-electron chi connectivity index (χ2n) is 11.7. The number of anilines is 1. The molecule has 4 heterocycles. The Balaban J connectivity index is 1.07. The third-order valence-electron chi connectivity index (χ3n) is 9.02. The molecule has 1 aromatic rings. The van der Waals surface area contributed by atoms with Crippen molar-refractivity contribution in [2.24, 2.45) is 11.8 Å². The minimum Gasteiger partial charge on any atom is -0.480 e. The lowest BCUT2D eigenvalue weighted by molar-refractivity contribution is -0.149. The van der Waals surface area contributed by atoms with Crippen LogP contribution in [-0.4, -0.2) is 82.5 Å². The maximum atomic E-state index is 13.1. The molecule has 2 amide bonds. The van der Waals surface area contributed by atoms with E-state index in [4.69, 9.17) is 4.98 Å². The average molecular weight is 526 g/mol. The van der Waals surface area contributed by atoms with Gasteiger partial charge in [-0.05, 0) is 94.7 Å². The van der Waals surface area contributed by atoms with E-state index in [-0.39, 0.29) is 17.7 Å². The van der Waals surface area contributed by atoms with Crippen molar-refractivity contribution in [2.75, 3.05) is 38.0 Å². The molecule has 0 radical (unpaired) electrons. The number of aryl methyl sites for hydroxylation is 2. The first kappa shape index (κ1) is 26.9. The number of hydrogen-bond donors (Lipinski definition) is 3. The summed E-state index contributed by atoms with van der Waals surface area (Å²) in [5.41, 5.74) is 2.45. The second-order valence-corrected chi connectivity index (χ2v) is 11.7. The van der Waals surface area contributed by atoms with E-state index in [2.05, 4.69) is 27.7 Å². The van der Waals surface area contributed by atoms with Crippen LogP contribution in [0.5, 0.6) is 0 Å². The van der Waals surface area contributed by atoms with Crippen LogP contribution in [0.1, 0.15) is 75.5 Å². The Bertz CT molecular complexity index is 1010. The molecule has 9 nitrogen and oxygen atoms in total. The van der Waals surface area contributed by atoms with Crippen molar-refractivity contribution < 1.29 is 19.5 Å². The number of carboxylic acid groups (broad SMARTS) is 1. The Morgan fingerprint density at radius 1 is 1.08 bits per heavy atom. The quantitative estimate of drug-likeness (QED) is 0.430. The van der Waals surface area contributed by atoms with E-state index in [0.717, 1.165) is 95.4 Å². The van der Waals surface area contributed by atoms with Crippen LogP contribution in [0.4, 0.5) is 5.82 Å². The highest BCUT2D eigenvalue weighted by atomic mass is 16.4. The fraction of sp³-hybridized carbons (Fsp3) is 0.724. The Morgan fingerprint density at radius 2 is 1.95 bits per heavy atom. The van der Waals surface area contributed by atoms with Crippen LogP contribution in [0.15, 0.2) is 12.1 Å². The van der Waals surface area contributed by atoms with E-state index in [1.165, 1.54) is 5.56 Å². The summed E-state index contributed by atoms with van der Waals surface area (Å²) in [6.45, 7) is 4.14. The molecule has 3 N–H and O–H groups in total. The van der Waals surface area contributed by atoms with Gasteiger partial charge in [-0.1, -0.05) is 12.5 Å². The van der Waals surface area contributed by atoms with Crippen LogP contribution in [0, 0.1) is 11.8 Å². The average Bonchev–Trinajstić information content (AvgIpc) is 3.36. The number of likely N-dealkylation sites (tertiary alicyclic amines) is 2. The van der Waals surface area contributed by atoms with Crippen LogP contribution >= 0.6 is 0 Å². The van der Waals surface area contributed by atoms with Gasteiger partial charge in [-0.25, -0.2) is 9.78 Å². The van der Waals surface area contributed by atoms with Gasteiger partial charge in [0.25, 0.3) is 0 Å². The van der Waals surface area contributed by atoms with E-state index < -0.39 is 18.1 Å². The number of nitrogens with zero attached hydrogens (tertiary/aromatic N) is 3. The fourth-order valence-electron chi connectivity index (χ4n) is 6.41. The number of carbonyl (C=O) groups is 3. The van der Waals surface area contributed by atoms with Crippen LogP contribution < -0.4 is 10.6 Å². The first-order valence-corrected chi connectivity index (χ1v) is 14.8. The highest BCUT2D eigenvalue weighted by molar-refractivity contribution is 5.91. The smallest absolute Gasteiger partial charge is 0.326 e. The SMILES string of the molecule is O=C(O)[C@H](CCN1CC[C@@H](CCc2ccc3c(n2)NCCC3)C1)NC(=O)[C@@H]1CCCCN1C(=O)C1CCC1. The molecule has 3 aliphatic heterocycles. The predicted octanol–water partition coefficient (Wildman–Crippen LogP) is 2.83. The van der Waals surface area contributed by atoms with Crippen molar-refractivity contribution in [1.29, 1.82) is 0 Å². The molecule has 3 fully saturated rings. The third-order valence-corrected chi connectivity index (χ3v) is 9.02. The van der Waals surface area contributed by atoms with Crippen molar-refractivity contribution >= 4 is 23.6 Å². The number of carbonyl (C=O) groups excluding carboxylic acids is 2. The minimum absolute atomic E-state index is 0.0430. The van der Waals surface area contributed by atoms with E-state index in [1.54, 1.807) is 4.90 Å². The lowest BCUT2D eigenvalue weighted by Gasteiger charge is -2.39. The Morgan fingerprint density at radius 3 is 2.74 bits per heavy atom. The first-order chi connectivity index (χ1) is 18.5. The summed E-state index contributed by atoms with van der Waals surface area (Å²) in [4.78, 5) is 46.9. The van der Waals surface area contributed by atoms with Gasteiger partial charge in [-0.15, -0.1) is 0 Å². The second kappa shape index (κ2) is 12.5. The molecule has 3 atom stereocenters. The van der Waals surface area contributed by atoms with E-state index in [9.17, 15) is 19.5 Å². The number of rotatable bonds is 10. The van der Waals surface area contributed by atoms with Gasteiger partial charge in [0.15, 0.2) is 0 Å². The van der Waals surface area contributed by atoms with Gasteiger partial charge in [0.05, 0.1) is 0 Å². The van der Waals surface area contributed by atoms with Crippen LogP contribution in [0.3, 0.4) is 0 Å². The largest absolute Gasteiger partial charge is 0.480 e. The van der Waals surface area contributed by atoms with Gasteiger partial charge >= 0.3 is 5.97 Å². The van der Waals surface area contributed by atoms with Crippen molar-refractivity contribution in [3.8, 4) is 0 Å². The van der Waals surface area contributed by atoms with Crippen molar-refractivity contribution in [2.45, 2.75) is 89.1 Å². The number of fused-ring (bicyclic) bond motifs is 1. The maximum Gasteiger partial charge on any atom is 0.326 e. The summed E-state index contributed by atoms with van der Waals surface area (Å²) >= 11 is 0. The molecule has 0 unspecified atom stereocenters.